The number of hydrogen-bond donors (Lipinski definition) is 1. The highest BCUT2D eigenvalue weighted by Gasteiger charge is 2.16. The molecule has 2 nitrogen and oxygen atoms in total. The lowest BCUT2D eigenvalue weighted by atomic mass is 10.3. The Balaban J connectivity index is -0.000000107. The summed E-state index contributed by atoms with van der Waals surface area (Å²) in [6.45, 7) is 14.2. The average Bonchev–Trinajstić information content (AvgIpc) is 1.95. The summed E-state index contributed by atoms with van der Waals surface area (Å²) in [5.74, 6) is 0. The maximum absolute atomic E-state index is 2.27. The second kappa shape index (κ2) is 11.9. The van der Waals surface area contributed by atoms with Crippen LogP contribution in [0.25, 0.3) is 0 Å². The molecule has 0 bridgehead atoms. The standard InChI is InChI=1S/C8H20N.2BrH.H3N/c1-5-9(6-2,7-3)8-4;;;/h5-8H2,1-4H3;2*1H;1H3/q+1;;;/p-1. The van der Waals surface area contributed by atoms with E-state index in [0.717, 1.165) is 0 Å². The van der Waals surface area contributed by atoms with Crippen LogP contribution in [0.5, 0.6) is 0 Å². The number of halogens is 2. The van der Waals surface area contributed by atoms with Gasteiger partial charge in [-0.1, -0.05) is 0 Å². The van der Waals surface area contributed by atoms with Crippen LogP contribution in [0.1, 0.15) is 27.7 Å². The number of nitrogens with zero attached hydrogens (tertiary/aromatic N) is 1. The Morgan fingerprint density at radius 3 is 0.833 bits per heavy atom. The second-order valence-electron chi connectivity index (χ2n) is 2.61. The molecule has 0 aromatic carbocycles. The maximum Gasteiger partial charge on any atom is 0.0757 e. The number of quaternary nitrogens is 2. The highest BCUT2D eigenvalue weighted by molar-refractivity contribution is 4.31. The van der Waals surface area contributed by atoms with Gasteiger partial charge in [0.25, 0.3) is 0 Å². The molecule has 0 saturated carbocycles. The molecule has 0 unspecified atom stereocenters. The van der Waals surface area contributed by atoms with E-state index in [-0.39, 0.29) is 40.1 Å². The Labute approximate surface area is 98.4 Å². The zero-order chi connectivity index (χ0) is 7.33. The van der Waals surface area contributed by atoms with Crippen molar-refractivity contribution in [3.8, 4) is 0 Å². The lowest BCUT2D eigenvalue weighted by Gasteiger charge is -2.34. The summed E-state index contributed by atoms with van der Waals surface area (Å²) in [5.41, 5.74) is 0. The highest BCUT2D eigenvalue weighted by atomic mass is 79.9. The average molecular weight is 308 g/mol. The molecule has 4 N–H and O–H groups in total. The van der Waals surface area contributed by atoms with Gasteiger partial charge in [0.2, 0.25) is 0 Å². The first kappa shape index (κ1) is 23.1. The second-order valence-corrected chi connectivity index (χ2v) is 2.61. The minimum Gasteiger partial charge on any atom is -1.00 e. The van der Waals surface area contributed by atoms with Gasteiger partial charge >= 0.3 is 0 Å². The fourth-order valence-electron chi connectivity index (χ4n) is 1.34. The maximum atomic E-state index is 2.27. The molecule has 0 atom stereocenters. The molecule has 0 fully saturated rings. The molecule has 80 valence electrons. The van der Waals surface area contributed by atoms with Crippen LogP contribution in [-0.2, 0) is 0 Å². The summed E-state index contributed by atoms with van der Waals surface area (Å²) in [6.07, 6.45) is 0. The van der Waals surface area contributed by atoms with Gasteiger partial charge in [-0.2, -0.15) is 0 Å². The zero-order valence-electron chi connectivity index (χ0n) is 9.03. The molecule has 12 heavy (non-hydrogen) atoms. The fourth-order valence-corrected chi connectivity index (χ4v) is 1.34. The van der Waals surface area contributed by atoms with E-state index in [9.17, 15) is 0 Å². The molecule has 0 aliphatic rings. The lowest BCUT2D eigenvalue weighted by Crippen LogP contribution is -3.00. The van der Waals surface area contributed by atoms with Gasteiger partial charge in [-0.3, -0.25) is 0 Å². The van der Waals surface area contributed by atoms with Crippen LogP contribution < -0.4 is 40.1 Å². The summed E-state index contributed by atoms with van der Waals surface area (Å²) in [7, 11) is 0. The van der Waals surface area contributed by atoms with Crippen molar-refractivity contribution in [2.45, 2.75) is 27.7 Å². The summed E-state index contributed by atoms with van der Waals surface area (Å²) >= 11 is 0. The van der Waals surface area contributed by atoms with Gasteiger partial charge in [-0.05, 0) is 27.7 Å². The van der Waals surface area contributed by atoms with Gasteiger partial charge < -0.3 is 44.6 Å². The Kier molecular flexibility index (Phi) is 22.8. The van der Waals surface area contributed by atoms with Crippen LogP contribution in [0.2, 0.25) is 0 Å². The van der Waals surface area contributed by atoms with Crippen molar-refractivity contribution >= 4 is 0 Å². The van der Waals surface area contributed by atoms with Gasteiger partial charge in [0, 0.05) is 0 Å². The quantitative estimate of drug-likeness (QED) is 0.519. The van der Waals surface area contributed by atoms with Crippen molar-refractivity contribution in [3.05, 3.63) is 0 Å². The predicted molar refractivity (Wildman–Crippen MR) is 48.4 cm³/mol. The molecule has 0 spiro atoms. The monoisotopic (exact) mass is 306 g/mol. The molecule has 0 aliphatic heterocycles. The minimum absolute atomic E-state index is 0. The molecule has 4 heteroatoms. The summed E-state index contributed by atoms with van der Waals surface area (Å²) < 4.78 is 1.28. The van der Waals surface area contributed by atoms with Gasteiger partial charge in [-0.25, -0.2) is 0 Å². The van der Waals surface area contributed by atoms with Crippen molar-refractivity contribution in [2.24, 2.45) is 0 Å². The van der Waals surface area contributed by atoms with Crippen molar-refractivity contribution in [1.82, 2.24) is 6.15 Å². The molecule has 0 saturated heterocycles. The lowest BCUT2D eigenvalue weighted by molar-refractivity contribution is -0.921. The van der Waals surface area contributed by atoms with Crippen molar-refractivity contribution in [3.63, 3.8) is 0 Å². The zero-order valence-corrected chi connectivity index (χ0v) is 12.2. The van der Waals surface area contributed by atoms with E-state index < -0.39 is 0 Å². The Morgan fingerprint density at radius 1 is 0.667 bits per heavy atom. The Hall–Kier alpha value is 0.880. The van der Waals surface area contributed by atoms with E-state index in [4.69, 9.17) is 0 Å². The van der Waals surface area contributed by atoms with E-state index in [1.165, 1.54) is 30.7 Å². The van der Waals surface area contributed by atoms with Crippen LogP contribution in [0, 0.1) is 0 Å². The van der Waals surface area contributed by atoms with Crippen molar-refractivity contribution < 1.29 is 38.4 Å². The predicted octanol–water partition coefficient (Wildman–Crippen LogP) is -3.73. The first-order chi connectivity index (χ1) is 4.24. The third-order valence-electron chi connectivity index (χ3n) is 2.68. The van der Waals surface area contributed by atoms with Crippen molar-refractivity contribution in [2.75, 3.05) is 26.2 Å². The molecular formula is C8H24Br2N2. The Bertz CT molecular complexity index is 57.9. The third-order valence-corrected chi connectivity index (χ3v) is 2.68. The van der Waals surface area contributed by atoms with Crippen LogP contribution in [0.15, 0.2) is 0 Å². The molecule has 0 aliphatic carbocycles. The van der Waals surface area contributed by atoms with E-state index in [0.29, 0.717) is 0 Å². The molecule has 0 radical (unpaired) electrons. The molecular weight excluding hydrogens is 284 g/mol. The summed E-state index contributed by atoms with van der Waals surface area (Å²) in [5, 5.41) is 0. The smallest absolute Gasteiger partial charge is 0.0757 e. The summed E-state index contributed by atoms with van der Waals surface area (Å²) in [6, 6.07) is 0. The normalized spacial score (nSPS) is 9.00. The number of hydrogen-bond acceptors (Lipinski definition) is 0. The van der Waals surface area contributed by atoms with E-state index in [2.05, 4.69) is 27.7 Å². The van der Waals surface area contributed by atoms with Gasteiger partial charge in [0.1, 0.15) is 0 Å². The largest absolute Gasteiger partial charge is 1.00 e. The fraction of sp³-hybridized carbons (Fsp3) is 1.00. The van der Waals surface area contributed by atoms with Crippen LogP contribution in [0.3, 0.4) is 0 Å². The minimum atomic E-state index is 0. The van der Waals surface area contributed by atoms with Gasteiger partial charge in [-0.15, -0.1) is 0 Å². The third kappa shape index (κ3) is 6.40. The van der Waals surface area contributed by atoms with Crippen LogP contribution in [0.4, 0.5) is 0 Å². The molecule has 0 aromatic heterocycles. The van der Waals surface area contributed by atoms with Gasteiger partial charge in [0.15, 0.2) is 0 Å². The van der Waals surface area contributed by atoms with Crippen LogP contribution in [-0.4, -0.2) is 30.7 Å². The van der Waals surface area contributed by atoms with Crippen LogP contribution >= 0.6 is 0 Å². The first-order valence-corrected chi connectivity index (χ1v) is 4.09. The van der Waals surface area contributed by atoms with E-state index >= 15 is 0 Å². The topological polar surface area (TPSA) is 36.5 Å². The van der Waals surface area contributed by atoms with E-state index in [1.807, 2.05) is 0 Å². The van der Waals surface area contributed by atoms with Gasteiger partial charge in [0.05, 0.1) is 26.2 Å². The Morgan fingerprint density at radius 2 is 0.833 bits per heavy atom. The molecule has 0 aromatic rings. The number of rotatable bonds is 4. The van der Waals surface area contributed by atoms with Crippen molar-refractivity contribution in [1.29, 1.82) is 0 Å². The highest BCUT2D eigenvalue weighted by Crippen LogP contribution is 2.03. The first-order valence-electron chi connectivity index (χ1n) is 4.09. The SMILES string of the molecule is CC[N+](CC)(CC)CC.[Br-].[Br-].[NH4+]. The summed E-state index contributed by atoms with van der Waals surface area (Å²) in [4.78, 5) is 0. The molecule has 0 heterocycles. The molecule has 0 amide bonds. The van der Waals surface area contributed by atoms with E-state index in [1.54, 1.807) is 0 Å². The molecule has 0 rings (SSSR count).